The van der Waals surface area contributed by atoms with E-state index in [0.29, 0.717) is 16.3 Å². The van der Waals surface area contributed by atoms with E-state index < -0.39 is 5.97 Å². The minimum absolute atomic E-state index is 0.333. The van der Waals surface area contributed by atoms with Crippen LogP contribution in [0.1, 0.15) is 5.56 Å². The maximum atomic E-state index is 10.9. The van der Waals surface area contributed by atoms with Crippen LogP contribution in [-0.2, 0) is 9.53 Å². The molecule has 14 heavy (non-hydrogen) atoms. The highest BCUT2D eigenvalue weighted by molar-refractivity contribution is 6.30. The summed E-state index contributed by atoms with van der Waals surface area (Å²) < 4.78 is 4.44. The van der Waals surface area contributed by atoms with Crippen LogP contribution in [0.3, 0.4) is 0 Å². The molecule has 0 atom stereocenters. The largest absolute Gasteiger partial charge is 0.466 e. The van der Waals surface area contributed by atoms with Crippen molar-refractivity contribution < 1.29 is 9.53 Å². The average molecular weight is 212 g/mol. The Morgan fingerprint density at radius 1 is 1.57 bits per heavy atom. The number of rotatable bonds is 2. The molecule has 0 saturated carbocycles. The molecule has 0 fully saturated rings. The second-order valence-electron chi connectivity index (χ2n) is 2.63. The fraction of sp³-hybridized carbons (Fsp3) is 0.100. The van der Waals surface area contributed by atoms with Crippen LogP contribution in [0.25, 0.3) is 5.70 Å². The van der Waals surface area contributed by atoms with Crippen molar-refractivity contribution in [2.75, 3.05) is 7.11 Å². The van der Waals surface area contributed by atoms with E-state index in [0.717, 1.165) is 0 Å². The first-order chi connectivity index (χ1) is 6.63. The number of methoxy groups -OCH3 is 1. The van der Waals surface area contributed by atoms with Crippen molar-refractivity contribution >= 4 is 23.3 Å². The van der Waals surface area contributed by atoms with Gasteiger partial charge in [0.25, 0.3) is 0 Å². The zero-order valence-electron chi connectivity index (χ0n) is 7.66. The van der Waals surface area contributed by atoms with Gasteiger partial charge >= 0.3 is 5.97 Å². The molecule has 0 aliphatic heterocycles. The summed E-state index contributed by atoms with van der Waals surface area (Å²) >= 11 is 5.76. The van der Waals surface area contributed by atoms with Crippen molar-refractivity contribution in [2.45, 2.75) is 0 Å². The molecule has 4 heteroatoms. The Bertz CT molecular complexity index is 374. The number of esters is 1. The third-order valence-electron chi connectivity index (χ3n) is 1.63. The van der Waals surface area contributed by atoms with E-state index in [9.17, 15) is 4.79 Å². The second-order valence-corrected chi connectivity index (χ2v) is 3.07. The quantitative estimate of drug-likeness (QED) is 0.600. The monoisotopic (exact) mass is 211 g/mol. The number of nitrogens with two attached hydrogens (primary N) is 1. The molecule has 1 aromatic carbocycles. The Hall–Kier alpha value is -1.48. The van der Waals surface area contributed by atoms with Gasteiger partial charge in [-0.1, -0.05) is 23.7 Å². The maximum Gasteiger partial charge on any atom is 0.332 e. The summed E-state index contributed by atoms with van der Waals surface area (Å²) in [6.07, 6.45) is 1.21. The van der Waals surface area contributed by atoms with Gasteiger partial charge in [0.1, 0.15) is 0 Å². The lowest BCUT2D eigenvalue weighted by Gasteiger charge is -2.01. The summed E-state index contributed by atoms with van der Waals surface area (Å²) in [5.41, 5.74) is 6.67. The lowest BCUT2D eigenvalue weighted by molar-refractivity contribution is -0.134. The van der Waals surface area contributed by atoms with Crippen LogP contribution in [0.5, 0.6) is 0 Å². The number of carbonyl (C=O) groups is 1. The van der Waals surface area contributed by atoms with Gasteiger partial charge in [0.15, 0.2) is 0 Å². The first-order valence-electron chi connectivity index (χ1n) is 3.94. The van der Waals surface area contributed by atoms with Crippen LogP contribution < -0.4 is 5.73 Å². The topological polar surface area (TPSA) is 52.3 Å². The van der Waals surface area contributed by atoms with E-state index in [-0.39, 0.29) is 0 Å². The molecule has 3 nitrogen and oxygen atoms in total. The minimum atomic E-state index is -0.484. The zero-order valence-corrected chi connectivity index (χ0v) is 8.41. The Balaban J connectivity index is 2.94. The molecule has 0 unspecified atom stereocenters. The molecule has 1 rings (SSSR count). The Morgan fingerprint density at radius 3 is 2.86 bits per heavy atom. The highest BCUT2D eigenvalue weighted by atomic mass is 35.5. The first kappa shape index (κ1) is 10.6. The van der Waals surface area contributed by atoms with E-state index in [1.807, 2.05) is 0 Å². The lowest BCUT2D eigenvalue weighted by atomic mass is 10.1. The van der Waals surface area contributed by atoms with Crippen LogP contribution in [0.4, 0.5) is 0 Å². The predicted molar refractivity (Wildman–Crippen MR) is 55.6 cm³/mol. The van der Waals surface area contributed by atoms with Gasteiger partial charge in [0.05, 0.1) is 7.11 Å². The summed E-state index contributed by atoms with van der Waals surface area (Å²) in [5.74, 6) is -0.484. The van der Waals surface area contributed by atoms with Crippen molar-refractivity contribution in [1.29, 1.82) is 0 Å². The molecule has 0 radical (unpaired) electrons. The molecule has 0 spiro atoms. The number of ether oxygens (including phenoxy) is 1. The fourth-order valence-electron chi connectivity index (χ4n) is 0.937. The van der Waals surface area contributed by atoms with E-state index in [1.165, 1.54) is 13.2 Å². The summed E-state index contributed by atoms with van der Waals surface area (Å²) in [6, 6.07) is 6.93. The minimum Gasteiger partial charge on any atom is -0.466 e. The van der Waals surface area contributed by atoms with E-state index in [2.05, 4.69) is 4.74 Å². The Kier molecular flexibility index (Phi) is 3.54. The summed E-state index contributed by atoms with van der Waals surface area (Å²) in [6.45, 7) is 0. The first-order valence-corrected chi connectivity index (χ1v) is 4.32. The zero-order chi connectivity index (χ0) is 10.6. The molecule has 0 aromatic heterocycles. The molecule has 0 bridgehead atoms. The van der Waals surface area contributed by atoms with Crippen LogP contribution in [-0.4, -0.2) is 13.1 Å². The van der Waals surface area contributed by atoms with Crippen molar-refractivity contribution in [2.24, 2.45) is 5.73 Å². The fourth-order valence-corrected chi connectivity index (χ4v) is 1.13. The second kappa shape index (κ2) is 4.67. The van der Waals surface area contributed by atoms with Crippen LogP contribution in [0, 0.1) is 0 Å². The molecular weight excluding hydrogens is 202 g/mol. The number of benzene rings is 1. The van der Waals surface area contributed by atoms with Crippen LogP contribution in [0.15, 0.2) is 30.3 Å². The van der Waals surface area contributed by atoms with Gasteiger partial charge in [-0.3, -0.25) is 0 Å². The van der Waals surface area contributed by atoms with E-state index in [4.69, 9.17) is 17.3 Å². The van der Waals surface area contributed by atoms with Gasteiger partial charge in [-0.15, -0.1) is 0 Å². The third kappa shape index (κ3) is 2.78. The predicted octanol–water partition coefficient (Wildman–Crippen LogP) is 1.81. The maximum absolute atomic E-state index is 10.9. The molecule has 74 valence electrons. The van der Waals surface area contributed by atoms with Gasteiger partial charge in [-0.25, -0.2) is 4.79 Å². The number of hydrogen-bond acceptors (Lipinski definition) is 3. The van der Waals surface area contributed by atoms with Crippen LogP contribution >= 0.6 is 11.6 Å². The van der Waals surface area contributed by atoms with E-state index in [1.54, 1.807) is 24.3 Å². The smallest absolute Gasteiger partial charge is 0.332 e. The van der Waals surface area contributed by atoms with Gasteiger partial charge < -0.3 is 10.5 Å². The Labute approximate surface area is 87.1 Å². The Morgan fingerprint density at radius 2 is 2.29 bits per heavy atom. The van der Waals surface area contributed by atoms with Gasteiger partial charge in [-0.05, 0) is 17.7 Å². The van der Waals surface area contributed by atoms with E-state index >= 15 is 0 Å². The summed E-state index contributed by atoms with van der Waals surface area (Å²) in [4.78, 5) is 10.9. The number of halogens is 1. The van der Waals surface area contributed by atoms with Crippen LogP contribution in [0.2, 0.25) is 5.02 Å². The van der Waals surface area contributed by atoms with Gasteiger partial charge in [0, 0.05) is 16.8 Å². The number of carbonyl (C=O) groups excluding carboxylic acids is 1. The SMILES string of the molecule is COC(=O)C=C(N)c1cccc(Cl)c1. The molecule has 0 saturated heterocycles. The molecule has 0 amide bonds. The molecule has 0 aliphatic carbocycles. The highest BCUT2D eigenvalue weighted by Gasteiger charge is 2.00. The normalized spacial score (nSPS) is 11.1. The summed E-state index contributed by atoms with van der Waals surface area (Å²) in [7, 11) is 1.30. The number of hydrogen-bond donors (Lipinski definition) is 1. The molecule has 0 heterocycles. The van der Waals surface area contributed by atoms with Gasteiger partial charge in [0.2, 0.25) is 0 Å². The highest BCUT2D eigenvalue weighted by Crippen LogP contribution is 2.15. The third-order valence-corrected chi connectivity index (χ3v) is 1.87. The standard InChI is InChI=1S/C10H10ClNO2/c1-14-10(13)6-9(12)7-3-2-4-8(11)5-7/h2-6H,12H2,1H3. The molecule has 1 aromatic rings. The molecule has 2 N–H and O–H groups in total. The van der Waals surface area contributed by atoms with Crippen molar-refractivity contribution in [1.82, 2.24) is 0 Å². The van der Waals surface area contributed by atoms with Crippen molar-refractivity contribution in [3.63, 3.8) is 0 Å². The average Bonchev–Trinajstić information content (AvgIpc) is 2.17. The van der Waals surface area contributed by atoms with Crippen molar-refractivity contribution in [3.05, 3.63) is 40.9 Å². The lowest BCUT2D eigenvalue weighted by Crippen LogP contribution is -2.02. The van der Waals surface area contributed by atoms with Gasteiger partial charge in [-0.2, -0.15) is 0 Å². The molecular formula is C10H10ClNO2. The molecule has 0 aliphatic rings. The van der Waals surface area contributed by atoms with Crippen molar-refractivity contribution in [3.8, 4) is 0 Å². The summed E-state index contributed by atoms with van der Waals surface area (Å²) in [5, 5.41) is 0.573.